The first-order valence-corrected chi connectivity index (χ1v) is 5.70. The molecule has 1 aromatic carbocycles. The molecule has 0 aliphatic rings. The minimum atomic E-state index is -0.919. The molecule has 2 unspecified atom stereocenters. The summed E-state index contributed by atoms with van der Waals surface area (Å²) in [5.41, 5.74) is 0.998. The predicted octanol–water partition coefficient (Wildman–Crippen LogP) is 1.45. The number of hydrogen-bond donors (Lipinski definition) is 2. The van der Waals surface area contributed by atoms with Crippen LogP contribution in [0.1, 0.15) is 18.5 Å². The lowest BCUT2D eigenvalue weighted by molar-refractivity contribution is -0.141. The Morgan fingerprint density at radius 2 is 1.94 bits per heavy atom. The molecule has 2 atom stereocenters. The first-order chi connectivity index (χ1) is 8.58. The second-order valence-corrected chi connectivity index (χ2v) is 4.01. The van der Waals surface area contributed by atoms with Gasteiger partial charge in [0.05, 0.1) is 13.7 Å². The number of ether oxygens (including phenoxy) is 2. The molecule has 18 heavy (non-hydrogen) atoms. The molecule has 5 nitrogen and oxygen atoms in total. The zero-order valence-electron chi connectivity index (χ0n) is 10.8. The van der Waals surface area contributed by atoms with E-state index < -0.39 is 12.0 Å². The zero-order chi connectivity index (χ0) is 13.5. The highest BCUT2D eigenvalue weighted by atomic mass is 16.5. The van der Waals surface area contributed by atoms with Gasteiger partial charge >= 0.3 is 5.97 Å². The Hall–Kier alpha value is -1.59. The maximum absolute atomic E-state index is 11.0. The Balaban J connectivity index is 2.67. The third-order valence-electron chi connectivity index (χ3n) is 2.70. The van der Waals surface area contributed by atoms with Crippen molar-refractivity contribution in [3.8, 4) is 5.75 Å². The molecule has 0 bridgehead atoms. The molecule has 0 aliphatic carbocycles. The van der Waals surface area contributed by atoms with Crippen molar-refractivity contribution in [2.24, 2.45) is 0 Å². The number of methoxy groups -OCH3 is 2. The summed E-state index contributed by atoms with van der Waals surface area (Å²) in [5, 5.41) is 12.0. The molecule has 1 rings (SSSR count). The Morgan fingerprint density at radius 3 is 2.39 bits per heavy atom. The summed E-state index contributed by atoms with van der Waals surface area (Å²) in [4.78, 5) is 11.0. The molecule has 0 heterocycles. The van der Waals surface area contributed by atoms with Crippen LogP contribution in [0.25, 0.3) is 0 Å². The van der Waals surface area contributed by atoms with Gasteiger partial charge in [0, 0.05) is 13.2 Å². The van der Waals surface area contributed by atoms with Crippen LogP contribution in [0.2, 0.25) is 0 Å². The monoisotopic (exact) mass is 253 g/mol. The summed E-state index contributed by atoms with van der Waals surface area (Å²) in [6.07, 6.45) is 0. The van der Waals surface area contributed by atoms with Gasteiger partial charge in [0.25, 0.3) is 0 Å². The lowest BCUT2D eigenvalue weighted by Gasteiger charge is -2.20. The molecule has 1 aromatic rings. The highest BCUT2D eigenvalue weighted by Crippen LogP contribution is 2.17. The van der Waals surface area contributed by atoms with E-state index in [4.69, 9.17) is 14.6 Å². The summed E-state index contributed by atoms with van der Waals surface area (Å²) < 4.78 is 9.95. The Labute approximate surface area is 107 Å². The average Bonchev–Trinajstić information content (AvgIpc) is 2.38. The maximum Gasteiger partial charge on any atom is 0.323 e. The fourth-order valence-corrected chi connectivity index (χ4v) is 1.65. The Morgan fingerprint density at radius 1 is 1.33 bits per heavy atom. The van der Waals surface area contributed by atoms with Crippen molar-refractivity contribution in [2.45, 2.75) is 19.0 Å². The van der Waals surface area contributed by atoms with Gasteiger partial charge in [0.2, 0.25) is 0 Å². The average molecular weight is 253 g/mol. The van der Waals surface area contributed by atoms with E-state index in [0.717, 1.165) is 11.3 Å². The van der Waals surface area contributed by atoms with E-state index in [1.165, 1.54) is 7.11 Å². The fourth-order valence-electron chi connectivity index (χ4n) is 1.65. The smallest absolute Gasteiger partial charge is 0.323 e. The van der Waals surface area contributed by atoms with Gasteiger partial charge in [-0.25, -0.2) is 0 Å². The Bertz CT molecular complexity index is 377. The maximum atomic E-state index is 11.0. The summed E-state index contributed by atoms with van der Waals surface area (Å²) in [5.74, 6) is -0.144. The predicted molar refractivity (Wildman–Crippen MR) is 67.8 cm³/mol. The summed E-state index contributed by atoms with van der Waals surface area (Å²) in [6, 6.07) is 6.71. The molecule has 0 aromatic heterocycles. The van der Waals surface area contributed by atoms with E-state index in [0.29, 0.717) is 0 Å². The van der Waals surface area contributed by atoms with Crippen LogP contribution in [0.3, 0.4) is 0 Å². The van der Waals surface area contributed by atoms with Crippen LogP contribution in [0.4, 0.5) is 0 Å². The lowest BCUT2D eigenvalue weighted by atomic mass is 10.1. The molecular formula is C13H19NO4. The van der Waals surface area contributed by atoms with Crippen molar-refractivity contribution in [3.63, 3.8) is 0 Å². The van der Waals surface area contributed by atoms with Crippen LogP contribution in [0.15, 0.2) is 24.3 Å². The first kappa shape index (κ1) is 14.5. The number of carboxylic acid groups (broad SMARTS) is 1. The zero-order valence-corrected chi connectivity index (χ0v) is 10.8. The number of rotatable bonds is 7. The van der Waals surface area contributed by atoms with Crippen LogP contribution in [-0.4, -0.2) is 37.9 Å². The number of benzene rings is 1. The first-order valence-electron chi connectivity index (χ1n) is 5.70. The molecule has 0 radical (unpaired) electrons. The van der Waals surface area contributed by atoms with Crippen LogP contribution in [0, 0.1) is 0 Å². The lowest BCUT2D eigenvalue weighted by Crippen LogP contribution is -2.41. The number of carboxylic acids is 1. The SMILES string of the molecule is COCC(NC(C)c1ccc(OC)cc1)C(=O)O. The van der Waals surface area contributed by atoms with Gasteiger partial charge < -0.3 is 14.6 Å². The summed E-state index contributed by atoms with van der Waals surface area (Å²) in [6.45, 7) is 2.04. The van der Waals surface area contributed by atoms with Gasteiger partial charge in [-0.3, -0.25) is 10.1 Å². The van der Waals surface area contributed by atoms with E-state index in [1.54, 1.807) is 7.11 Å². The number of carbonyl (C=O) groups is 1. The van der Waals surface area contributed by atoms with Gasteiger partial charge in [-0.2, -0.15) is 0 Å². The molecular weight excluding hydrogens is 234 g/mol. The molecule has 0 aliphatic heterocycles. The number of nitrogens with one attached hydrogen (secondary N) is 1. The molecule has 0 fully saturated rings. The van der Waals surface area contributed by atoms with Crippen molar-refractivity contribution in [1.82, 2.24) is 5.32 Å². The molecule has 0 saturated carbocycles. The highest BCUT2D eigenvalue weighted by molar-refractivity contribution is 5.73. The molecule has 0 amide bonds. The van der Waals surface area contributed by atoms with E-state index in [2.05, 4.69) is 5.32 Å². The van der Waals surface area contributed by atoms with Crippen LogP contribution < -0.4 is 10.1 Å². The molecule has 5 heteroatoms. The van der Waals surface area contributed by atoms with Gasteiger partial charge in [-0.05, 0) is 24.6 Å². The minimum absolute atomic E-state index is 0.0767. The second kappa shape index (κ2) is 6.98. The molecule has 0 spiro atoms. The van der Waals surface area contributed by atoms with Gasteiger partial charge in [-0.1, -0.05) is 12.1 Å². The van der Waals surface area contributed by atoms with E-state index in [9.17, 15) is 4.79 Å². The third kappa shape index (κ3) is 4.01. The number of aliphatic carboxylic acids is 1. The number of hydrogen-bond acceptors (Lipinski definition) is 4. The minimum Gasteiger partial charge on any atom is -0.497 e. The van der Waals surface area contributed by atoms with Gasteiger partial charge in [0.15, 0.2) is 0 Å². The van der Waals surface area contributed by atoms with Crippen molar-refractivity contribution in [1.29, 1.82) is 0 Å². The van der Waals surface area contributed by atoms with Crippen molar-refractivity contribution in [2.75, 3.05) is 20.8 Å². The third-order valence-corrected chi connectivity index (χ3v) is 2.70. The molecule has 2 N–H and O–H groups in total. The van der Waals surface area contributed by atoms with Crippen molar-refractivity contribution >= 4 is 5.97 Å². The second-order valence-electron chi connectivity index (χ2n) is 4.01. The Kier molecular flexibility index (Phi) is 5.61. The van der Waals surface area contributed by atoms with Crippen LogP contribution in [-0.2, 0) is 9.53 Å². The van der Waals surface area contributed by atoms with Crippen LogP contribution >= 0.6 is 0 Å². The highest BCUT2D eigenvalue weighted by Gasteiger charge is 2.19. The summed E-state index contributed by atoms with van der Waals surface area (Å²) >= 11 is 0. The van der Waals surface area contributed by atoms with Crippen molar-refractivity contribution < 1.29 is 19.4 Å². The standard InChI is InChI=1S/C13H19NO4/c1-9(14-12(8-17-2)13(15)16)10-4-6-11(18-3)7-5-10/h4-7,9,12,14H,8H2,1-3H3,(H,15,16). The van der Waals surface area contributed by atoms with Crippen LogP contribution in [0.5, 0.6) is 5.75 Å². The molecule has 0 saturated heterocycles. The van der Waals surface area contributed by atoms with E-state index in [1.807, 2.05) is 31.2 Å². The van der Waals surface area contributed by atoms with E-state index in [-0.39, 0.29) is 12.6 Å². The topological polar surface area (TPSA) is 67.8 Å². The molecule has 100 valence electrons. The largest absolute Gasteiger partial charge is 0.497 e. The van der Waals surface area contributed by atoms with Gasteiger partial charge in [-0.15, -0.1) is 0 Å². The fraction of sp³-hybridized carbons (Fsp3) is 0.462. The van der Waals surface area contributed by atoms with E-state index >= 15 is 0 Å². The summed E-state index contributed by atoms with van der Waals surface area (Å²) in [7, 11) is 3.09. The van der Waals surface area contributed by atoms with Gasteiger partial charge in [0.1, 0.15) is 11.8 Å². The normalized spacial score (nSPS) is 13.9. The quantitative estimate of drug-likeness (QED) is 0.769. The van der Waals surface area contributed by atoms with Crippen molar-refractivity contribution in [3.05, 3.63) is 29.8 Å².